The zero-order valence-corrected chi connectivity index (χ0v) is 11.4. The summed E-state index contributed by atoms with van der Waals surface area (Å²) in [6.45, 7) is 4.82. The smallest absolute Gasteiger partial charge is 0.230 e. The quantitative estimate of drug-likeness (QED) is 0.860. The summed E-state index contributed by atoms with van der Waals surface area (Å²) >= 11 is 0. The van der Waals surface area contributed by atoms with E-state index in [0.29, 0.717) is 12.4 Å². The van der Waals surface area contributed by atoms with Gasteiger partial charge >= 0.3 is 0 Å². The first-order valence-corrected chi connectivity index (χ1v) is 6.70. The number of nitrogens with one attached hydrogen (secondary N) is 2. The highest BCUT2D eigenvalue weighted by atomic mass is 16.2. The highest BCUT2D eigenvalue weighted by molar-refractivity contribution is 5.92. The molecule has 1 aromatic heterocycles. The Hall–Kier alpha value is -1.85. The summed E-state index contributed by atoms with van der Waals surface area (Å²) in [4.78, 5) is 25.2. The number of amides is 2. The van der Waals surface area contributed by atoms with Gasteiger partial charge < -0.3 is 10.2 Å². The number of hydrogen-bond donors (Lipinski definition) is 2. The number of aromatic nitrogens is 2. The Labute approximate surface area is 112 Å². The lowest BCUT2D eigenvalue weighted by Gasteiger charge is -2.31. The monoisotopic (exact) mass is 264 g/mol. The Morgan fingerprint density at radius 1 is 1.58 bits per heavy atom. The van der Waals surface area contributed by atoms with Gasteiger partial charge in [-0.25, -0.2) is 0 Å². The van der Waals surface area contributed by atoms with Gasteiger partial charge in [0.25, 0.3) is 0 Å². The van der Waals surface area contributed by atoms with Gasteiger partial charge in [-0.2, -0.15) is 5.10 Å². The van der Waals surface area contributed by atoms with Crippen molar-refractivity contribution >= 4 is 17.6 Å². The summed E-state index contributed by atoms with van der Waals surface area (Å²) < 4.78 is 0. The van der Waals surface area contributed by atoms with Crippen LogP contribution in [0.1, 0.15) is 32.4 Å². The summed E-state index contributed by atoms with van der Waals surface area (Å²) in [5.41, 5.74) is 0.990. The van der Waals surface area contributed by atoms with Gasteiger partial charge in [0.1, 0.15) is 0 Å². The number of aromatic amines is 1. The Balaban J connectivity index is 1.93. The number of aryl methyl sites for hydroxylation is 1. The van der Waals surface area contributed by atoms with Gasteiger partial charge in [0.05, 0.1) is 5.92 Å². The van der Waals surface area contributed by atoms with E-state index < -0.39 is 0 Å². The zero-order valence-electron chi connectivity index (χ0n) is 11.4. The number of H-pyrrole nitrogens is 1. The van der Waals surface area contributed by atoms with Gasteiger partial charge in [0.15, 0.2) is 5.82 Å². The molecule has 0 saturated carbocycles. The molecule has 1 aliphatic heterocycles. The van der Waals surface area contributed by atoms with Crippen LogP contribution in [0.25, 0.3) is 0 Å². The van der Waals surface area contributed by atoms with E-state index in [1.807, 2.05) is 13.0 Å². The third-order valence-electron chi connectivity index (χ3n) is 3.50. The van der Waals surface area contributed by atoms with Crippen LogP contribution in [0.5, 0.6) is 0 Å². The third kappa shape index (κ3) is 3.33. The molecular weight excluding hydrogens is 244 g/mol. The van der Waals surface area contributed by atoms with E-state index in [9.17, 15) is 9.59 Å². The number of carbonyl (C=O) groups excluding carboxylic acids is 2. The number of piperidine rings is 1. The van der Waals surface area contributed by atoms with Crippen molar-refractivity contribution in [2.24, 2.45) is 5.92 Å². The molecule has 1 aromatic rings. The SMILES string of the molecule is CCc1cc(NC(=O)C2CCCN(C(C)=O)C2)n[nH]1. The second kappa shape index (κ2) is 5.86. The molecule has 1 saturated heterocycles. The van der Waals surface area contributed by atoms with Crippen LogP contribution < -0.4 is 5.32 Å². The number of hydrogen-bond acceptors (Lipinski definition) is 3. The van der Waals surface area contributed by atoms with Crippen molar-refractivity contribution in [2.45, 2.75) is 33.1 Å². The van der Waals surface area contributed by atoms with Crippen molar-refractivity contribution in [2.75, 3.05) is 18.4 Å². The number of likely N-dealkylation sites (tertiary alicyclic amines) is 1. The molecular formula is C13H20N4O2. The average Bonchev–Trinajstić information content (AvgIpc) is 2.86. The van der Waals surface area contributed by atoms with Crippen molar-refractivity contribution in [3.05, 3.63) is 11.8 Å². The van der Waals surface area contributed by atoms with Gasteiger partial charge in [0, 0.05) is 31.8 Å². The molecule has 6 nitrogen and oxygen atoms in total. The summed E-state index contributed by atoms with van der Waals surface area (Å²) in [6.07, 6.45) is 2.55. The molecule has 0 aliphatic carbocycles. The lowest BCUT2D eigenvalue weighted by molar-refractivity contribution is -0.132. The number of anilines is 1. The second-order valence-electron chi connectivity index (χ2n) is 4.93. The predicted molar refractivity (Wildman–Crippen MR) is 71.6 cm³/mol. The number of carbonyl (C=O) groups is 2. The molecule has 1 fully saturated rings. The molecule has 19 heavy (non-hydrogen) atoms. The van der Waals surface area contributed by atoms with Gasteiger partial charge in [0.2, 0.25) is 11.8 Å². The van der Waals surface area contributed by atoms with Crippen molar-refractivity contribution < 1.29 is 9.59 Å². The molecule has 2 amide bonds. The predicted octanol–water partition coefficient (Wildman–Crippen LogP) is 1.17. The van der Waals surface area contributed by atoms with E-state index in [1.165, 1.54) is 0 Å². The Morgan fingerprint density at radius 3 is 3.00 bits per heavy atom. The first-order chi connectivity index (χ1) is 9.10. The standard InChI is InChI=1S/C13H20N4O2/c1-3-11-7-12(16-15-11)14-13(19)10-5-4-6-17(8-10)9(2)18/h7,10H,3-6,8H2,1-2H3,(H2,14,15,16,19). The summed E-state index contributed by atoms with van der Waals surface area (Å²) in [5.74, 6) is 0.395. The van der Waals surface area contributed by atoms with Crippen molar-refractivity contribution in [1.82, 2.24) is 15.1 Å². The summed E-state index contributed by atoms with van der Waals surface area (Å²) in [6, 6.07) is 1.84. The van der Waals surface area contributed by atoms with Gasteiger partial charge in [-0.05, 0) is 19.3 Å². The van der Waals surface area contributed by atoms with Crippen molar-refractivity contribution in [3.63, 3.8) is 0 Å². The topological polar surface area (TPSA) is 78.1 Å². The van der Waals surface area contributed by atoms with E-state index in [4.69, 9.17) is 0 Å². The molecule has 0 bridgehead atoms. The lowest BCUT2D eigenvalue weighted by atomic mass is 9.97. The maximum atomic E-state index is 12.1. The molecule has 2 heterocycles. The fourth-order valence-electron chi connectivity index (χ4n) is 2.31. The molecule has 2 rings (SSSR count). The molecule has 2 N–H and O–H groups in total. The van der Waals surface area contributed by atoms with E-state index in [-0.39, 0.29) is 17.7 Å². The minimum Gasteiger partial charge on any atom is -0.342 e. The molecule has 6 heteroatoms. The van der Waals surface area contributed by atoms with Gasteiger partial charge in [-0.1, -0.05) is 6.92 Å². The fraction of sp³-hybridized carbons (Fsp3) is 0.615. The zero-order chi connectivity index (χ0) is 13.8. The summed E-state index contributed by atoms with van der Waals surface area (Å²) in [7, 11) is 0. The molecule has 1 unspecified atom stereocenters. The Morgan fingerprint density at radius 2 is 2.37 bits per heavy atom. The van der Waals surface area contributed by atoms with Crippen LogP contribution in [0, 0.1) is 5.92 Å². The normalized spacial score (nSPS) is 19.3. The Bertz CT molecular complexity index is 469. The largest absolute Gasteiger partial charge is 0.342 e. The second-order valence-corrected chi connectivity index (χ2v) is 4.93. The van der Waals surface area contributed by atoms with Crippen LogP contribution in [0.15, 0.2) is 6.07 Å². The highest BCUT2D eigenvalue weighted by Gasteiger charge is 2.27. The van der Waals surface area contributed by atoms with Crippen molar-refractivity contribution in [3.8, 4) is 0 Å². The minimum absolute atomic E-state index is 0.0329. The van der Waals surface area contributed by atoms with E-state index >= 15 is 0 Å². The number of nitrogens with zero attached hydrogens (tertiary/aromatic N) is 2. The maximum absolute atomic E-state index is 12.1. The molecule has 0 radical (unpaired) electrons. The lowest BCUT2D eigenvalue weighted by Crippen LogP contribution is -2.42. The minimum atomic E-state index is -0.139. The number of rotatable bonds is 3. The van der Waals surface area contributed by atoms with Gasteiger partial charge in [-0.3, -0.25) is 14.7 Å². The summed E-state index contributed by atoms with van der Waals surface area (Å²) in [5, 5.41) is 9.71. The Kier molecular flexibility index (Phi) is 4.19. The third-order valence-corrected chi connectivity index (χ3v) is 3.50. The van der Waals surface area contributed by atoms with Crippen molar-refractivity contribution in [1.29, 1.82) is 0 Å². The van der Waals surface area contributed by atoms with Crippen LogP contribution in [0.4, 0.5) is 5.82 Å². The fourth-order valence-corrected chi connectivity index (χ4v) is 2.31. The van der Waals surface area contributed by atoms with E-state index in [2.05, 4.69) is 15.5 Å². The molecule has 1 aliphatic rings. The first-order valence-electron chi connectivity index (χ1n) is 6.70. The van der Waals surface area contributed by atoms with Crippen LogP contribution in [0.2, 0.25) is 0 Å². The van der Waals surface area contributed by atoms with E-state index in [0.717, 1.165) is 31.5 Å². The average molecular weight is 264 g/mol. The highest BCUT2D eigenvalue weighted by Crippen LogP contribution is 2.18. The molecule has 0 spiro atoms. The van der Waals surface area contributed by atoms with Crippen LogP contribution in [-0.4, -0.2) is 40.0 Å². The first kappa shape index (κ1) is 13.6. The molecule has 104 valence electrons. The van der Waals surface area contributed by atoms with Gasteiger partial charge in [-0.15, -0.1) is 0 Å². The van der Waals surface area contributed by atoms with Crippen LogP contribution in [-0.2, 0) is 16.0 Å². The molecule has 0 aromatic carbocycles. The van der Waals surface area contributed by atoms with E-state index in [1.54, 1.807) is 11.8 Å². The van der Waals surface area contributed by atoms with Crippen LogP contribution in [0.3, 0.4) is 0 Å². The van der Waals surface area contributed by atoms with Crippen LogP contribution >= 0.6 is 0 Å². The maximum Gasteiger partial charge on any atom is 0.230 e. The molecule has 1 atom stereocenters.